The summed E-state index contributed by atoms with van der Waals surface area (Å²) in [5.41, 5.74) is 1.17. The number of carbonyl (C=O) groups is 2. The summed E-state index contributed by atoms with van der Waals surface area (Å²) in [6.07, 6.45) is 2.30. The number of amides is 3. The van der Waals surface area contributed by atoms with Gasteiger partial charge in [0.25, 0.3) is 0 Å². The van der Waals surface area contributed by atoms with Crippen molar-refractivity contribution in [1.29, 1.82) is 0 Å². The van der Waals surface area contributed by atoms with Gasteiger partial charge in [-0.2, -0.15) is 0 Å². The van der Waals surface area contributed by atoms with Crippen molar-refractivity contribution in [2.75, 3.05) is 19.6 Å². The predicted octanol–water partition coefficient (Wildman–Crippen LogP) is 2.39. The van der Waals surface area contributed by atoms with Crippen molar-refractivity contribution in [3.8, 4) is 0 Å². The van der Waals surface area contributed by atoms with Crippen LogP contribution in [-0.2, 0) is 16.1 Å². The molecule has 1 atom stereocenters. The molecule has 2 aliphatic rings. The maximum absolute atomic E-state index is 12.5. The van der Waals surface area contributed by atoms with Gasteiger partial charge in [0.1, 0.15) is 0 Å². The summed E-state index contributed by atoms with van der Waals surface area (Å²) in [7, 11) is 0. The number of carbonyl (C=O) groups excluding carboxylic acids is 2. The number of piperidine rings is 1. The van der Waals surface area contributed by atoms with Crippen molar-refractivity contribution in [3.05, 3.63) is 35.9 Å². The molecule has 3 amide bonds. The molecule has 26 heavy (non-hydrogen) atoms. The van der Waals surface area contributed by atoms with E-state index in [9.17, 15) is 9.59 Å². The topological polar surface area (TPSA) is 61.9 Å². The minimum atomic E-state index is -0.0792. The molecule has 0 radical (unpaired) electrons. The fourth-order valence-corrected chi connectivity index (χ4v) is 3.61. The van der Waals surface area contributed by atoms with Crippen LogP contribution >= 0.6 is 0 Å². The Morgan fingerprint density at radius 2 is 1.92 bits per heavy atom. The summed E-state index contributed by atoms with van der Waals surface area (Å²) in [5, 5.41) is 3.02. The molecule has 3 rings (SSSR count). The number of nitrogens with zero attached hydrogens (tertiary/aromatic N) is 2. The molecule has 0 spiro atoms. The third kappa shape index (κ3) is 4.75. The second-order valence-corrected chi connectivity index (χ2v) is 7.47. The molecular formula is C20H29N3O3. The van der Waals surface area contributed by atoms with Crippen LogP contribution in [0.1, 0.15) is 38.7 Å². The maximum Gasteiger partial charge on any atom is 0.317 e. The number of urea groups is 1. The third-order valence-electron chi connectivity index (χ3n) is 5.17. The third-order valence-corrected chi connectivity index (χ3v) is 5.17. The first-order valence-electron chi connectivity index (χ1n) is 9.53. The molecule has 0 bridgehead atoms. The number of hydrogen-bond acceptors (Lipinski definition) is 3. The summed E-state index contributed by atoms with van der Waals surface area (Å²) in [6, 6.07) is 10.2. The fraction of sp³-hybridized carbons (Fsp3) is 0.600. The van der Waals surface area contributed by atoms with E-state index in [1.807, 2.05) is 41.8 Å². The highest BCUT2D eigenvalue weighted by molar-refractivity contribution is 5.82. The van der Waals surface area contributed by atoms with E-state index >= 15 is 0 Å². The van der Waals surface area contributed by atoms with Gasteiger partial charge in [0.15, 0.2) is 0 Å². The van der Waals surface area contributed by atoms with E-state index in [1.165, 1.54) is 5.56 Å². The van der Waals surface area contributed by atoms with E-state index in [0.29, 0.717) is 32.7 Å². The monoisotopic (exact) mass is 359 g/mol. The molecule has 0 saturated carbocycles. The molecule has 142 valence electrons. The Labute approximate surface area is 155 Å². The van der Waals surface area contributed by atoms with Crippen molar-refractivity contribution in [3.63, 3.8) is 0 Å². The van der Waals surface area contributed by atoms with Gasteiger partial charge in [0.2, 0.25) is 5.91 Å². The highest BCUT2D eigenvalue weighted by Crippen LogP contribution is 2.18. The maximum atomic E-state index is 12.5. The van der Waals surface area contributed by atoms with E-state index in [1.54, 1.807) is 0 Å². The second kappa shape index (κ2) is 8.54. The van der Waals surface area contributed by atoms with E-state index in [4.69, 9.17) is 4.74 Å². The lowest BCUT2D eigenvalue weighted by Gasteiger charge is -2.32. The highest BCUT2D eigenvalue weighted by atomic mass is 16.5. The van der Waals surface area contributed by atoms with Gasteiger partial charge in [-0.3, -0.25) is 4.79 Å². The van der Waals surface area contributed by atoms with E-state index in [2.05, 4.69) is 17.4 Å². The number of hydrogen-bond donors (Lipinski definition) is 1. The smallest absolute Gasteiger partial charge is 0.317 e. The molecule has 6 nitrogen and oxygen atoms in total. The summed E-state index contributed by atoms with van der Waals surface area (Å²) in [6.45, 7) is 6.62. The van der Waals surface area contributed by atoms with Crippen LogP contribution in [0.5, 0.6) is 0 Å². The zero-order chi connectivity index (χ0) is 18.5. The van der Waals surface area contributed by atoms with E-state index in [0.717, 1.165) is 12.8 Å². The van der Waals surface area contributed by atoms with Crippen LogP contribution in [0.4, 0.5) is 4.79 Å². The molecule has 0 aromatic heterocycles. The van der Waals surface area contributed by atoms with Crippen LogP contribution in [0.3, 0.4) is 0 Å². The fourth-order valence-electron chi connectivity index (χ4n) is 3.61. The Balaban J connectivity index is 1.39. The second-order valence-electron chi connectivity index (χ2n) is 7.47. The molecule has 6 heteroatoms. The van der Waals surface area contributed by atoms with Crippen molar-refractivity contribution in [2.45, 2.75) is 57.9 Å². The van der Waals surface area contributed by atoms with Crippen LogP contribution in [-0.4, -0.2) is 59.6 Å². The van der Waals surface area contributed by atoms with Gasteiger partial charge in [-0.05, 0) is 32.3 Å². The number of nitrogens with one attached hydrogen (secondary N) is 1. The normalized spacial score (nSPS) is 21.5. The first kappa shape index (κ1) is 18.7. The Morgan fingerprint density at radius 1 is 1.23 bits per heavy atom. The average Bonchev–Trinajstić information content (AvgIpc) is 3.01. The molecule has 2 saturated heterocycles. The molecule has 1 aromatic carbocycles. The summed E-state index contributed by atoms with van der Waals surface area (Å²) >= 11 is 0. The number of rotatable bonds is 5. The lowest BCUT2D eigenvalue weighted by atomic mass is 10.1. The Hall–Kier alpha value is -2.08. The van der Waals surface area contributed by atoms with E-state index < -0.39 is 0 Å². The predicted molar refractivity (Wildman–Crippen MR) is 99.6 cm³/mol. The van der Waals surface area contributed by atoms with Gasteiger partial charge in [-0.15, -0.1) is 0 Å². The van der Waals surface area contributed by atoms with Gasteiger partial charge >= 0.3 is 6.03 Å². The molecule has 1 aromatic rings. The molecule has 2 aliphatic heterocycles. The number of benzene rings is 1. The van der Waals surface area contributed by atoms with Gasteiger partial charge < -0.3 is 19.9 Å². The summed E-state index contributed by atoms with van der Waals surface area (Å²) in [4.78, 5) is 28.1. The average molecular weight is 359 g/mol. The highest BCUT2D eigenvalue weighted by Gasteiger charge is 2.33. The van der Waals surface area contributed by atoms with Gasteiger partial charge in [0.05, 0.1) is 18.8 Å². The zero-order valence-electron chi connectivity index (χ0n) is 15.7. The first-order valence-corrected chi connectivity index (χ1v) is 9.53. The summed E-state index contributed by atoms with van der Waals surface area (Å²) in [5.74, 6) is 0.123. The standard InChI is InChI=1S/C20H29N3O3/c1-15(2)23-13-17(12-19(23)24)21-20(25)22-10-8-18(9-11-22)26-14-16-6-4-3-5-7-16/h3-7,15,17-18H,8-14H2,1-2H3,(H,21,25)/t17-/m1/s1. The van der Waals surface area contributed by atoms with Crippen molar-refractivity contribution in [2.24, 2.45) is 0 Å². The summed E-state index contributed by atoms with van der Waals surface area (Å²) < 4.78 is 5.98. The quantitative estimate of drug-likeness (QED) is 0.878. The molecule has 0 aliphatic carbocycles. The van der Waals surface area contributed by atoms with E-state index in [-0.39, 0.29) is 30.1 Å². The zero-order valence-corrected chi connectivity index (χ0v) is 15.7. The largest absolute Gasteiger partial charge is 0.373 e. The van der Waals surface area contributed by atoms with Gasteiger partial charge in [0, 0.05) is 32.1 Å². The van der Waals surface area contributed by atoms with Crippen LogP contribution in [0, 0.1) is 0 Å². The van der Waals surface area contributed by atoms with Gasteiger partial charge in [-0.25, -0.2) is 4.79 Å². The Morgan fingerprint density at radius 3 is 2.54 bits per heavy atom. The van der Waals surface area contributed by atoms with Crippen molar-refractivity contribution >= 4 is 11.9 Å². The minimum absolute atomic E-state index is 0.0603. The molecular weight excluding hydrogens is 330 g/mol. The molecule has 0 unspecified atom stereocenters. The van der Waals surface area contributed by atoms with Crippen LogP contribution < -0.4 is 5.32 Å². The minimum Gasteiger partial charge on any atom is -0.373 e. The SMILES string of the molecule is CC(C)N1C[C@H](NC(=O)N2CCC(OCc3ccccc3)CC2)CC1=O. The lowest BCUT2D eigenvalue weighted by Crippen LogP contribution is -2.49. The van der Waals surface area contributed by atoms with Gasteiger partial charge in [-0.1, -0.05) is 30.3 Å². The van der Waals surface area contributed by atoms with Crippen molar-refractivity contribution in [1.82, 2.24) is 15.1 Å². The Bertz CT molecular complexity index is 612. The number of ether oxygens (including phenoxy) is 1. The number of likely N-dealkylation sites (tertiary alicyclic amines) is 2. The molecule has 2 fully saturated rings. The van der Waals surface area contributed by atoms with Crippen molar-refractivity contribution < 1.29 is 14.3 Å². The lowest BCUT2D eigenvalue weighted by molar-refractivity contribution is -0.129. The first-order chi connectivity index (χ1) is 12.5. The molecule has 1 N–H and O–H groups in total. The van der Waals surface area contributed by atoms with Crippen LogP contribution in [0.15, 0.2) is 30.3 Å². The van der Waals surface area contributed by atoms with Crippen LogP contribution in [0.25, 0.3) is 0 Å². The van der Waals surface area contributed by atoms with Crippen LogP contribution in [0.2, 0.25) is 0 Å². The Kier molecular flexibility index (Phi) is 6.14. The molecule has 2 heterocycles.